The first-order valence-corrected chi connectivity index (χ1v) is 6.42. The Morgan fingerprint density at radius 1 is 1.50 bits per heavy atom. The Morgan fingerprint density at radius 2 is 2.22 bits per heavy atom. The van der Waals surface area contributed by atoms with E-state index in [4.69, 9.17) is 17.3 Å². The van der Waals surface area contributed by atoms with Crippen LogP contribution in [0.15, 0.2) is 18.2 Å². The fraction of sp³-hybridized carbons (Fsp3) is 0.462. The second-order valence-corrected chi connectivity index (χ2v) is 4.59. The van der Waals surface area contributed by atoms with Crippen LogP contribution in [0, 0.1) is 11.7 Å². The molecule has 100 valence electrons. The molecule has 0 saturated heterocycles. The van der Waals surface area contributed by atoms with Gasteiger partial charge in [-0.15, -0.1) is 0 Å². The van der Waals surface area contributed by atoms with Crippen LogP contribution in [-0.4, -0.2) is 12.5 Å². The van der Waals surface area contributed by atoms with E-state index in [2.05, 4.69) is 5.32 Å². The fourth-order valence-corrected chi connectivity index (χ4v) is 1.95. The Balaban J connectivity index is 2.69. The predicted octanol–water partition coefficient (Wildman–Crippen LogP) is 3.18. The average molecular weight is 273 g/mol. The number of hydrogen-bond donors (Lipinski definition) is 2. The first-order valence-electron chi connectivity index (χ1n) is 6.04. The summed E-state index contributed by atoms with van der Waals surface area (Å²) in [6.45, 7) is 2.49. The Hall–Kier alpha value is -1.13. The number of hydrogen-bond acceptors (Lipinski definition) is 2. The maximum Gasteiger partial charge on any atom is 0.227 e. The molecule has 0 bridgehead atoms. The number of amides is 1. The minimum Gasteiger partial charge on any atom is -0.330 e. The molecular formula is C13H18ClFN2O. The van der Waals surface area contributed by atoms with Crippen LogP contribution in [0.3, 0.4) is 0 Å². The Bertz CT molecular complexity index is 406. The molecule has 1 unspecified atom stereocenters. The summed E-state index contributed by atoms with van der Waals surface area (Å²) in [5, 5.41) is 2.73. The molecule has 5 heteroatoms. The van der Waals surface area contributed by atoms with E-state index in [1.165, 1.54) is 18.2 Å². The van der Waals surface area contributed by atoms with Crippen molar-refractivity contribution in [1.29, 1.82) is 0 Å². The molecule has 0 spiro atoms. The topological polar surface area (TPSA) is 55.1 Å². The van der Waals surface area contributed by atoms with Crippen LogP contribution in [0.25, 0.3) is 0 Å². The number of anilines is 1. The normalized spacial score (nSPS) is 12.2. The molecule has 3 nitrogen and oxygen atoms in total. The van der Waals surface area contributed by atoms with Crippen molar-refractivity contribution in [3.05, 3.63) is 29.0 Å². The molecule has 0 radical (unpaired) electrons. The lowest BCUT2D eigenvalue weighted by Crippen LogP contribution is -2.25. The van der Waals surface area contributed by atoms with Gasteiger partial charge in [0.15, 0.2) is 0 Å². The van der Waals surface area contributed by atoms with Gasteiger partial charge in [0.2, 0.25) is 5.91 Å². The number of carbonyl (C=O) groups excluding carboxylic acids is 1. The zero-order valence-electron chi connectivity index (χ0n) is 10.4. The lowest BCUT2D eigenvalue weighted by atomic mass is 9.99. The second kappa shape index (κ2) is 7.34. The maximum atomic E-state index is 13.0. The van der Waals surface area contributed by atoms with Crippen LogP contribution in [0.4, 0.5) is 10.1 Å². The average Bonchev–Trinajstić information content (AvgIpc) is 2.33. The van der Waals surface area contributed by atoms with Crippen molar-refractivity contribution in [2.24, 2.45) is 11.7 Å². The van der Waals surface area contributed by atoms with E-state index in [-0.39, 0.29) is 16.8 Å². The highest BCUT2D eigenvalue weighted by molar-refractivity contribution is 6.31. The van der Waals surface area contributed by atoms with Crippen LogP contribution in [0.2, 0.25) is 5.02 Å². The number of halogens is 2. The molecule has 1 atom stereocenters. The lowest BCUT2D eigenvalue weighted by molar-refractivity contribution is -0.120. The Labute approximate surface area is 112 Å². The van der Waals surface area contributed by atoms with Crippen LogP contribution in [0.5, 0.6) is 0 Å². The molecule has 0 saturated carbocycles. The van der Waals surface area contributed by atoms with Gasteiger partial charge in [0, 0.05) is 11.6 Å². The maximum absolute atomic E-state index is 13.0. The van der Waals surface area contributed by atoms with Crippen molar-refractivity contribution >= 4 is 23.2 Å². The molecule has 18 heavy (non-hydrogen) atoms. The second-order valence-electron chi connectivity index (χ2n) is 4.18. The number of benzene rings is 1. The van der Waals surface area contributed by atoms with E-state index in [0.29, 0.717) is 18.7 Å². The van der Waals surface area contributed by atoms with Crippen molar-refractivity contribution < 1.29 is 9.18 Å². The van der Waals surface area contributed by atoms with Crippen molar-refractivity contribution in [2.75, 3.05) is 11.9 Å². The Morgan fingerprint density at radius 3 is 2.78 bits per heavy atom. The molecule has 1 rings (SSSR count). The van der Waals surface area contributed by atoms with Crippen molar-refractivity contribution in [1.82, 2.24) is 0 Å². The van der Waals surface area contributed by atoms with Gasteiger partial charge in [-0.25, -0.2) is 4.39 Å². The van der Waals surface area contributed by atoms with E-state index in [0.717, 1.165) is 12.8 Å². The number of nitrogens with two attached hydrogens (primary N) is 1. The van der Waals surface area contributed by atoms with Gasteiger partial charge in [-0.3, -0.25) is 4.79 Å². The third-order valence-electron chi connectivity index (χ3n) is 2.71. The molecule has 3 N–H and O–H groups in total. The highest BCUT2D eigenvalue weighted by Gasteiger charge is 2.17. The predicted molar refractivity (Wildman–Crippen MR) is 72.1 cm³/mol. The van der Waals surface area contributed by atoms with E-state index in [1.54, 1.807) is 0 Å². The number of rotatable bonds is 6. The molecule has 0 aromatic heterocycles. The van der Waals surface area contributed by atoms with Gasteiger partial charge in [0.1, 0.15) is 5.82 Å². The first-order chi connectivity index (χ1) is 8.58. The molecule has 1 aromatic carbocycles. The minimum absolute atomic E-state index is 0.00123. The van der Waals surface area contributed by atoms with Gasteiger partial charge >= 0.3 is 0 Å². The smallest absolute Gasteiger partial charge is 0.227 e. The minimum atomic E-state index is -0.498. The van der Waals surface area contributed by atoms with E-state index in [1.807, 2.05) is 6.92 Å². The molecule has 0 heterocycles. The van der Waals surface area contributed by atoms with Gasteiger partial charge in [0.05, 0.1) is 5.02 Å². The molecule has 1 aromatic rings. The van der Waals surface area contributed by atoms with Crippen LogP contribution < -0.4 is 11.1 Å². The zero-order chi connectivity index (χ0) is 13.5. The molecule has 0 aliphatic rings. The van der Waals surface area contributed by atoms with E-state index in [9.17, 15) is 9.18 Å². The monoisotopic (exact) mass is 272 g/mol. The molecule has 0 aliphatic heterocycles. The third kappa shape index (κ3) is 4.27. The molecule has 0 aliphatic carbocycles. The highest BCUT2D eigenvalue weighted by atomic mass is 35.5. The van der Waals surface area contributed by atoms with E-state index < -0.39 is 5.82 Å². The van der Waals surface area contributed by atoms with Crippen molar-refractivity contribution in [2.45, 2.75) is 26.2 Å². The lowest BCUT2D eigenvalue weighted by Gasteiger charge is -2.15. The standard InChI is InChI=1S/C13H18ClFN2O/c1-2-3-9(6-7-16)13(18)17-10-4-5-12(15)11(14)8-10/h4-5,8-9H,2-3,6-7,16H2,1H3,(H,17,18). The largest absolute Gasteiger partial charge is 0.330 e. The summed E-state index contributed by atoms with van der Waals surface area (Å²) in [5.41, 5.74) is 5.99. The third-order valence-corrected chi connectivity index (χ3v) is 3.00. The van der Waals surface area contributed by atoms with Gasteiger partial charge < -0.3 is 11.1 Å². The molecular weight excluding hydrogens is 255 g/mol. The van der Waals surface area contributed by atoms with Crippen LogP contribution in [-0.2, 0) is 4.79 Å². The van der Waals surface area contributed by atoms with Gasteiger partial charge in [-0.1, -0.05) is 24.9 Å². The van der Waals surface area contributed by atoms with Crippen molar-refractivity contribution in [3.63, 3.8) is 0 Å². The van der Waals surface area contributed by atoms with Gasteiger partial charge in [0.25, 0.3) is 0 Å². The summed E-state index contributed by atoms with van der Waals surface area (Å²) in [6, 6.07) is 4.13. The molecule has 1 amide bonds. The number of carbonyl (C=O) groups is 1. The summed E-state index contributed by atoms with van der Waals surface area (Å²) in [7, 11) is 0. The summed E-state index contributed by atoms with van der Waals surface area (Å²) < 4.78 is 13.0. The summed E-state index contributed by atoms with van der Waals surface area (Å²) >= 11 is 5.65. The van der Waals surface area contributed by atoms with Crippen molar-refractivity contribution in [3.8, 4) is 0 Å². The SMILES string of the molecule is CCCC(CCN)C(=O)Nc1ccc(F)c(Cl)c1. The first kappa shape index (κ1) is 14.9. The van der Waals surface area contributed by atoms with Gasteiger partial charge in [-0.05, 0) is 37.6 Å². The fourth-order valence-electron chi connectivity index (χ4n) is 1.77. The zero-order valence-corrected chi connectivity index (χ0v) is 11.1. The molecule has 0 fully saturated rings. The summed E-state index contributed by atoms with van der Waals surface area (Å²) in [6.07, 6.45) is 2.36. The van der Waals surface area contributed by atoms with Crippen LogP contribution in [0.1, 0.15) is 26.2 Å². The number of nitrogens with one attached hydrogen (secondary N) is 1. The van der Waals surface area contributed by atoms with Crippen LogP contribution >= 0.6 is 11.6 Å². The highest BCUT2D eigenvalue weighted by Crippen LogP contribution is 2.21. The van der Waals surface area contributed by atoms with Gasteiger partial charge in [-0.2, -0.15) is 0 Å². The Kier molecular flexibility index (Phi) is 6.09. The van der Waals surface area contributed by atoms with E-state index >= 15 is 0 Å². The quantitative estimate of drug-likeness (QED) is 0.836. The summed E-state index contributed by atoms with van der Waals surface area (Å²) in [5.74, 6) is -0.699. The summed E-state index contributed by atoms with van der Waals surface area (Å²) in [4.78, 5) is 12.0.